The number of nitrogens with one attached hydrogen (secondary N) is 1. The molecule has 1 aliphatic carbocycles. The molecule has 1 unspecified atom stereocenters. The molecule has 122 valence electrons. The van der Waals surface area contributed by atoms with Gasteiger partial charge < -0.3 is 21.0 Å². The standard InChI is InChI=1S/C13H14N4O5S/c1-22-17-11(8-5-23-13(14)16-8)12(21)15-7-2-6(3-10(19)20)9(18)4-7/h2,5,7H,3-4H2,1H3,(H2,14,16)(H,15,21)(H,19,20)/b17-11+. The number of thiazole rings is 1. The van der Waals surface area contributed by atoms with E-state index in [4.69, 9.17) is 10.8 Å². The van der Waals surface area contributed by atoms with Crippen LogP contribution >= 0.6 is 11.3 Å². The molecule has 1 aliphatic rings. The largest absolute Gasteiger partial charge is 0.481 e. The molecule has 0 spiro atoms. The number of carbonyl (C=O) groups excluding carboxylic acids is 2. The molecule has 2 rings (SSSR count). The van der Waals surface area contributed by atoms with Gasteiger partial charge in [-0.05, 0) is 0 Å². The van der Waals surface area contributed by atoms with Crippen LogP contribution in [0.3, 0.4) is 0 Å². The first-order chi connectivity index (χ1) is 10.9. The summed E-state index contributed by atoms with van der Waals surface area (Å²) < 4.78 is 0. The van der Waals surface area contributed by atoms with E-state index in [1.807, 2.05) is 0 Å². The lowest BCUT2D eigenvalue weighted by molar-refractivity contribution is -0.137. The van der Waals surface area contributed by atoms with Gasteiger partial charge in [0.05, 0.1) is 12.5 Å². The van der Waals surface area contributed by atoms with Gasteiger partial charge in [-0.25, -0.2) is 4.98 Å². The maximum absolute atomic E-state index is 12.3. The minimum absolute atomic E-state index is 0.00776. The van der Waals surface area contributed by atoms with E-state index in [1.165, 1.54) is 13.2 Å². The Morgan fingerprint density at radius 2 is 2.35 bits per heavy atom. The summed E-state index contributed by atoms with van der Waals surface area (Å²) in [6, 6.07) is -0.595. The number of oxime groups is 1. The molecule has 23 heavy (non-hydrogen) atoms. The van der Waals surface area contributed by atoms with Crippen LogP contribution in [0, 0.1) is 0 Å². The molecule has 0 aliphatic heterocycles. The molecule has 1 atom stereocenters. The summed E-state index contributed by atoms with van der Waals surface area (Å²) in [7, 11) is 1.28. The van der Waals surface area contributed by atoms with Gasteiger partial charge in [0.15, 0.2) is 16.6 Å². The fourth-order valence-corrected chi connectivity index (χ4v) is 2.62. The van der Waals surface area contributed by atoms with Crippen molar-refractivity contribution in [3.05, 3.63) is 22.7 Å². The highest BCUT2D eigenvalue weighted by Crippen LogP contribution is 2.18. The first kappa shape index (κ1) is 16.6. The molecule has 1 heterocycles. The van der Waals surface area contributed by atoms with E-state index in [1.54, 1.807) is 5.38 Å². The number of rotatable bonds is 6. The molecule has 0 saturated heterocycles. The zero-order chi connectivity index (χ0) is 17.0. The van der Waals surface area contributed by atoms with E-state index in [-0.39, 0.29) is 40.7 Å². The third-order valence-electron chi connectivity index (χ3n) is 2.99. The molecular weight excluding hydrogens is 324 g/mol. The average Bonchev–Trinajstić information content (AvgIpc) is 3.02. The van der Waals surface area contributed by atoms with Crippen molar-refractivity contribution >= 4 is 39.8 Å². The Labute approximate surface area is 134 Å². The minimum Gasteiger partial charge on any atom is -0.481 e. The Kier molecular flexibility index (Phi) is 5.06. The van der Waals surface area contributed by atoms with Gasteiger partial charge in [0, 0.05) is 17.4 Å². The van der Waals surface area contributed by atoms with E-state index >= 15 is 0 Å². The summed E-state index contributed by atoms with van der Waals surface area (Å²) in [6.45, 7) is 0. The van der Waals surface area contributed by atoms with Crippen molar-refractivity contribution in [1.82, 2.24) is 10.3 Å². The van der Waals surface area contributed by atoms with Gasteiger partial charge in [-0.15, -0.1) is 11.3 Å². The van der Waals surface area contributed by atoms with Crippen molar-refractivity contribution in [1.29, 1.82) is 0 Å². The zero-order valence-electron chi connectivity index (χ0n) is 12.1. The molecule has 4 N–H and O–H groups in total. The molecule has 10 heteroatoms. The van der Waals surface area contributed by atoms with Crippen LogP contribution in [0.25, 0.3) is 0 Å². The molecule has 0 saturated carbocycles. The van der Waals surface area contributed by atoms with Crippen LogP contribution in [0.15, 0.2) is 22.2 Å². The number of hydrogen-bond acceptors (Lipinski definition) is 8. The Morgan fingerprint density at radius 3 is 2.91 bits per heavy atom. The maximum atomic E-state index is 12.3. The van der Waals surface area contributed by atoms with E-state index in [2.05, 4.69) is 20.3 Å². The Balaban J connectivity index is 2.11. The molecule has 0 aromatic carbocycles. The average molecular weight is 338 g/mol. The van der Waals surface area contributed by atoms with Crippen LogP contribution in [-0.4, -0.2) is 46.6 Å². The van der Waals surface area contributed by atoms with Crippen LogP contribution in [0.1, 0.15) is 18.5 Å². The monoisotopic (exact) mass is 338 g/mol. The second-order valence-electron chi connectivity index (χ2n) is 4.66. The normalized spacial score (nSPS) is 17.8. The quantitative estimate of drug-likeness (QED) is 0.486. The van der Waals surface area contributed by atoms with Gasteiger partial charge in [0.2, 0.25) is 0 Å². The highest BCUT2D eigenvalue weighted by molar-refractivity contribution is 7.13. The first-order valence-electron chi connectivity index (χ1n) is 6.49. The number of carboxylic acid groups (broad SMARTS) is 1. The number of hydrogen-bond donors (Lipinski definition) is 3. The molecule has 1 amide bonds. The number of amides is 1. The summed E-state index contributed by atoms with van der Waals surface area (Å²) in [5, 5.41) is 16.8. The fourth-order valence-electron chi connectivity index (χ4n) is 2.07. The van der Waals surface area contributed by atoms with E-state index in [9.17, 15) is 14.4 Å². The van der Waals surface area contributed by atoms with Crippen molar-refractivity contribution in [3.8, 4) is 0 Å². The summed E-state index contributed by atoms with van der Waals surface area (Å²) in [5.41, 5.74) is 5.88. The van der Waals surface area contributed by atoms with E-state index in [0.717, 1.165) is 11.3 Å². The predicted octanol–water partition coefficient (Wildman–Crippen LogP) is -0.0655. The number of aromatic nitrogens is 1. The molecule has 9 nitrogen and oxygen atoms in total. The van der Waals surface area contributed by atoms with Gasteiger partial charge in [-0.1, -0.05) is 11.2 Å². The van der Waals surface area contributed by atoms with Gasteiger partial charge in [-0.2, -0.15) is 0 Å². The topological polar surface area (TPSA) is 144 Å². The van der Waals surface area contributed by atoms with Crippen molar-refractivity contribution in [2.24, 2.45) is 5.16 Å². The van der Waals surface area contributed by atoms with Crippen LogP contribution < -0.4 is 11.1 Å². The van der Waals surface area contributed by atoms with E-state index < -0.39 is 17.9 Å². The number of nitrogens with two attached hydrogens (primary N) is 1. The highest BCUT2D eigenvalue weighted by Gasteiger charge is 2.28. The van der Waals surface area contributed by atoms with Gasteiger partial charge in [0.1, 0.15) is 12.8 Å². The van der Waals surface area contributed by atoms with Crippen LogP contribution in [-0.2, 0) is 19.2 Å². The lowest BCUT2D eigenvalue weighted by Gasteiger charge is -2.10. The third-order valence-corrected chi connectivity index (χ3v) is 3.66. The molecule has 1 aromatic rings. The minimum atomic E-state index is -1.10. The SMILES string of the molecule is CO/N=C(/C(=O)NC1C=C(CC(=O)O)C(=O)C1)c1csc(N)n1. The molecular formula is C13H14N4O5S. The van der Waals surface area contributed by atoms with Gasteiger partial charge >= 0.3 is 5.97 Å². The van der Waals surface area contributed by atoms with Crippen LogP contribution in [0.2, 0.25) is 0 Å². The number of anilines is 1. The smallest absolute Gasteiger partial charge is 0.307 e. The van der Waals surface area contributed by atoms with Crippen molar-refractivity contribution < 1.29 is 24.3 Å². The number of Topliss-reactive ketones (excluding diaryl/α,β-unsaturated/α-hetero) is 1. The number of carboxylic acids is 1. The third kappa shape index (κ3) is 4.13. The van der Waals surface area contributed by atoms with Crippen LogP contribution in [0.4, 0.5) is 5.13 Å². The van der Waals surface area contributed by atoms with Gasteiger partial charge in [0.25, 0.3) is 5.91 Å². The zero-order valence-corrected chi connectivity index (χ0v) is 12.9. The lowest BCUT2D eigenvalue weighted by Crippen LogP contribution is -2.38. The van der Waals surface area contributed by atoms with E-state index in [0.29, 0.717) is 0 Å². The number of nitrogens with zero attached hydrogens (tertiary/aromatic N) is 2. The lowest BCUT2D eigenvalue weighted by atomic mass is 10.1. The highest BCUT2D eigenvalue weighted by atomic mass is 32.1. The molecule has 0 bridgehead atoms. The Morgan fingerprint density at radius 1 is 1.61 bits per heavy atom. The summed E-state index contributed by atoms with van der Waals surface area (Å²) in [4.78, 5) is 43.3. The first-order valence-corrected chi connectivity index (χ1v) is 7.37. The number of carbonyl (C=O) groups is 3. The molecule has 1 aromatic heterocycles. The summed E-state index contributed by atoms with van der Waals surface area (Å²) >= 11 is 1.15. The second-order valence-corrected chi connectivity index (χ2v) is 5.55. The fraction of sp³-hybridized carbons (Fsp3) is 0.308. The van der Waals surface area contributed by atoms with Crippen LogP contribution in [0.5, 0.6) is 0 Å². The van der Waals surface area contributed by atoms with Gasteiger partial charge in [-0.3, -0.25) is 14.4 Å². The number of aliphatic carboxylic acids is 1. The number of nitrogen functional groups attached to an aromatic ring is 1. The Bertz CT molecular complexity index is 709. The van der Waals surface area contributed by atoms with Crippen molar-refractivity contribution in [2.75, 3.05) is 12.8 Å². The Hall–Kier alpha value is -2.75. The second kappa shape index (κ2) is 7.01. The summed E-state index contributed by atoms with van der Waals surface area (Å²) in [5.74, 6) is -2.00. The molecule has 0 radical (unpaired) electrons. The van der Waals surface area contributed by atoms with Crippen molar-refractivity contribution in [2.45, 2.75) is 18.9 Å². The van der Waals surface area contributed by atoms with Crippen molar-refractivity contribution in [3.63, 3.8) is 0 Å². The summed E-state index contributed by atoms with van der Waals surface area (Å²) in [6.07, 6.45) is 1.08. The number of ketones is 1. The predicted molar refractivity (Wildman–Crippen MR) is 82.0 cm³/mol. The maximum Gasteiger partial charge on any atom is 0.307 e. The molecule has 0 fully saturated rings.